The van der Waals surface area contributed by atoms with Gasteiger partial charge in [0.1, 0.15) is 0 Å². The second kappa shape index (κ2) is 3.96. The maximum Gasteiger partial charge on any atom is 0.168 e. The van der Waals surface area contributed by atoms with E-state index in [0.29, 0.717) is 5.56 Å². The van der Waals surface area contributed by atoms with E-state index < -0.39 is 11.4 Å². The lowest BCUT2D eigenvalue weighted by molar-refractivity contribution is 0.0799. The lowest BCUT2D eigenvalue weighted by atomic mass is 9.98. The van der Waals surface area contributed by atoms with E-state index >= 15 is 0 Å². The molecule has 0 aliphatic rings. The molecule has 1 aromatic rings. The van der Waals surface area contributed by atoms with Crippen LogP contribution in [0.4, 0.5) is 4.39 Å². The van der Waals surface area contributed by atoms with Crippen LogP contribution in [0.25, 0.3) is 0 Å². The van der Waals surface area contributed by atoms with Crippen molar-refractivity contribution in [2.75, 3.05) is 7.11 Å². The third-order valence-corrected chi connectivity index (χ3v) is 1.89. The molecule has 3 heteroatoms. The number of hydrogen-bond acceptors (Lipinski definition) is 2. The third-order valence-electron chi connectivity index (χ3n) is 1.89. The molecule has 1 N–H and O–H groups in total. The first kappa shape index (κ1) is 11.0. The highest BCUT2D eigenvalue weighted by molar-refractivity contribution is 5.31. The van der Waals surface area contributed by atoms with Gasteiger partial charge in [-0.05, 0) is 25.5 Å². The molecule has 78 valence electrons. The Hall–Kier alpha value is -1.09. The predicted octanol–water partition coefficient (Wildman–Crippen LogP) is 2.15. The van der Waals surface area contributed by atoms with Gasteiger partial charge in [0, 0.05) is 6.42 Å². The molecule has 0 unspecified atom stereocenters. The maximum absolute atomic E-state index is 13.6. The number of benzene rings is 1. The molecule has 0 aliphatic heterocycles. The summed E-state index contributed by atoms with van der Waals surface area (Å²) in [6.07, 6.45) is 0.274. The minimum absolute atomic E-state index is 0.215. The summed E-state index contributed by atoms with van der Waals surface area (Å²) < 4.78 is 18.4. The van der Waals surface area contributed by atoms with Crippen LogP contribution in [0.1, 0.15) is 19.4 Å². The van der Waals surface area contributed by atoms with Crippen LogP contribution in [-0.4, -0.2) is 17.8 Å². The third kappa shape index (κ3) is 2.70. The summed E-state index contributed by atoms with van der Waals surface area (Å²) in [5.41, 5.74) is -0.440. The van der Waals surface area contributed by atoms with Crippen LogP contribution in [-0.2, 0) is 6.42 Å². The van der Waals surface area contributed by atoms with Crippen LogP contribution < -0.4 is 4.74 Å². The number of rotatable bonds is 3. The molecular formula is C11H15FO2. The maximum atomic E-state index is 13.6. The normalized spacial score (nSPS) is 11.5. The van der Waals surface area contributed by atoms with Crippen LogP contribution in [0.3, 0.4) is 0 Å². The molecule has 0 aliphatic carbocycles. The van der Waals surface area contributed by atoms with E-state index in [-0.39, 0.29) is 12.2 Å². The summed E-state index contributed by atoms with van der Waals surface area (Å²) in [6.45, 7) is 3.29. The van der Waals surface area contributed by atoms with Gasteiger partial charge in [-0.3, -0.25) is 0 Å². The van der Waals surface area contributed by atoms with E-state index in [1.807, 2.05) is 0 Å². The van der Waals surface area contributed by atoms with Crippen molar-refractivity contribution >= 4 is 0 Å². The van der Waals surface area contributed by atoms with Gasteiger partial charge in [0.2, 0.25) is 0 Å². The van der Waals surface area contributed by atoms with Crippen LogP contribution in [0.2, 0.25) is 0 Å². The minimum Gasteiger partial charge on any atom is -0.494 e. The van der Waals surface area contributed by atoms with Gasteiger partial charge < -0.3 is 9.84 Å². The number of methoxy groups -OCH3 is 1. The van der Waals surface area contributed by atoms with Gasteiger partial charge in [-0.1, -0.05) is 12.1 Å². The quantitative estimate of drug-likeness (QED) is 0.806. The van der Waals surface area contributed by atoms with Crippen molar-refractivity contribution in [3.63, 3.8) is 0 Å². The van der Waals surface area contributed by atoms with Gasteiger partial charge in [0.15, 0.2) is 11.6 Å². The molecule has 0 aromatic heterocycles. The highest BCUT2D eigenvalue weighted by Crippen LogP contribution is 2.23. The van der Waals surface area contributed by atoms with Crippen molar-refractivity contribution in [1.29, 1.82) is 0 Å². The minimum atomic E-state index is -0.910. The molecule has 0 bridgehead atoms. The summed E-state index contributed by atoms with van der Waals surface area (Å²) in [7, 11) is 1.42. The molecule has 2 nitrogen and oxygen atoms in total. The average Bonchev–Trinajstić information content (AvgIpc) is 2.06. The van der Waals surface area contributed by atoms with Gasteiger partial charge in [-0.25, -0.2) is 4.39 Å². The second-order valence-corrected chi connectivity index (χ2v) is 3.92. The molecule has 1 aromatic carbocycles. The highest BCUT2D eigenvalue weighted by atomic mass is 19.1. The molecule has 0 atom stereocenters. The number of halogens is 1. The monoisotopic (exact) mass is 198 g/mol. The van der Waals surface area contributed by atoms with E-state index in [1.165, 1.54) is 7.11 Å². The van der Waals surface area contributed by atoms with Crippen LogP contribution in [0, 0.1) is 5.82 Å². The van der Waals surface area contributed by atoms with Gasteiger partial charge in [-0.2, -0.15) is 0 Å². The Morgan fingerprint density at radius 1 is 1.43 bits per heavy atom. The largest absolute Gasteiger partial charge is 0.494 e. The zero-order chi connectivity index (χ0) is 10.8. The SMILES string of the molecule is COc1cccc(CC(C)(C)O)c1F. The van der Waals surface area contributed by atoms with Gasteiger partial charge in [0.05, 0.1) is 12.7 Å². The van der Waals surface area contributed by atoms with E-state index in [1.54, 1.807) is 32.0 Å². The number of hydrogen-bond donors (Lipinski definition) is 1. The van der Waals surface area contributed by atoms with Gasteiger partial charge >= 0.3 is 0 Å². The molecule has 0 amide bonds. The fourth-order valence-electron chi connectivity index (χ4n) is 1.32. The summed E-state index contributed by atoms with van der Waals surface area (Å²) in [5.74, 6) is -0.177. The highest BCUT2D eigenvalue weighted by Gasteiger charge is 2.17. The van der Waals surface area contributed by atoms with E-state index in [9.17, 15) is 9.50 Å². The zero-order valence-electron chi connectivity index (χ0n) is 8.67. The fraction of sp³-hybridized carbons (Fsp3) is 0.455. The second-order valence-electron chi connectivity index (χ2n) is 3.92. The Morgan fingerprint density at radius 2 is 2.07 bits per heavy atom. The van der Waals surface area contributed by atoms with Crippen molar-refractivity contribution in [3.8, 4) is 5.75 Å². The average molecular weight is 198 g/mol. The summed E-state index contributed by atoms with van der Waals surface area (Å²) >= 11 is 0. The fourth-order valence-corrected chi connectivity index (χ4v) is 1.32. The number of ether oxygens (including phenoxy) is 1. The van der Waals surface area contributed by atoms with Crippen molar-refractivity contribution in [3.05, 3.63) is 29.6 Å². The van der Waals surface area contributed by atoms with Crippen LogP contribution >= 0.6 is 0 Å². The lowest BCUT2D eigenvalue weighted by Crippen LogP contribution is -2.22. The molecule has 0 fully saturated rings. The topological polar surface area (TPSA) is 29.5 Å². The Labute approximate surface area is 83.3 Å². The Balaban J connectivity index is 2.98. The van der Waals surface area contributed by atoms with Gasteiger partial charge in [0.25, 0.3) is 0 Å². The summed E-state index contributed by atoms with van der Waals surface area (Å²) in [4.78, 5) is 0. The molecule has 1 rings (SSSR count). The van der Waals surface area contributed by atoms with Gasteiger partial charge in [-0.15, -0.1) is 0 Å². The molecule has 0 radical (unpaired) electrons. The summed E-state index contributed by atoms with van der Waals surface area (Å²) in [5, 5.41) is 9.55. The first-order chi connectivity index (χ1) is 6.44. The molecular weight excluding hydrogens is 183 g/mol. The zero-order valence-corrected chi connectivity index (χ0v) is 8.67. The van der Waals surface area contributed by atoms with Crippen LogP contribution in [0.15, 0.2) is 18.2 Å². The molecule has 0 spiro atoms. The van der Waals surface area contributed by atoms with Crippen molar-refractivity contribution in [2.45, 2.75) is 25.9 Å². The first-order valence-corrected chi connectivity index (χ1v) is 4.48. The van der Waals surface area contributed by atoms with Crippen molar-refractivity contribution in [1.82, 2.24) is 0 Å². The Kier molecular flexibility index (Phi) is 3.11. The Bertz CT molecular complexity index is 316. The van der Waals surface area contributed by atoms with E-state index in [4.69, 9.17) is 4.74 Å². The number of aliphatic hydroxyl groups is 1. The smallest absolute Gasteiger partial charge is 0.168 e. The van der Waals surface area contributed by atoms with Crippen molar-refractivity contribution in [2.24, 2.45) is 0 Å². The van der Waals surface area contributed by atoms with Crippen LogP contribution in [0.5, 0.6) is 5.75 Å². The Morgan fingerprint density at radius 3 is 2.57 bits per heavy atom. The molecule has 14 heavy (non-hydrogen) atoms. The predicted molar refractivity (Wildman–Crippen MR) is 53.0 cm³/mol. The lowest BCUT2D eigenvalue weighted by Gasteiger charge is -2.17. The first-order valence-electron chi connectivity index (χ1n) is 4.48. The molecule has 0 saturated carbocycles. The van der Waals surface area contributed by atoms with E-state index in [2.05, 4.69) is 0 Å². The van der Waals surface area contributed by atoms with E-state index in [0.717, 1.165) is 0 Å². The standard InChI is InChI=1S/C11H15FO2/c1-11(2,13)7-8-5-4-6-9(14-3)10(8)12/h4-6,13H,7H2,1-3H3. The van der Waals surface area contributed by atoms with Crippen molar-refractivity contribution < 1.29 is 14.2 Å². The summed E-state index contributed by atoms with van der Waals surface area (Å²) in [6, 6.07) is 4.92. The molecule has 0 heterocycles. The molecule has 0 saturated heterocycles.